The average molecular weight is 411 g/mol. The summed E-state index contributed by atoms with van der Waals surface area (Å²) in [5.74, 6) is 2.09. The quantitative estimate of drug-likeness (QED) is 0.619. The second kappa shape index (κ2) is 10.4. The number of carbonyl (C=O) groups is 1. The Morgan fingerprint density at radius 3 is 2.67 bits per heavy atom. The average Bonchev–Trinajstić information content (AvgIpc) is 2.81. The summed E-state index contributed by atoms with van der Waals surface area (Å²) in [5.41, 5.74) is 1.91. The van der Waals surface area contributed by atoms with E-state index in [0.717, 1.165) is 42.9 Å². The number of rotatable bonds is 8. The van der Waals surface area contributed by atoms with Crippen LogP contribution in [0.3, 0.4) is 0 Å². The van der Waals surface area contributed by atoms with Crippen LogP contribution in [-0.4, -0.2) is 43.7 Å². The number of hydrogen-bond donors (Lipinski definition) is 3. The summed E-state index contributed by atoms with van der Waals surface area (Å²) in [6, 6.07) is 9.13. The largest absolute Gasteiger partial charge is 0.486 e. The smallest absolute Gasteiger partial charge is 0.242 e. The number of amides is 1. The molecular formula is C23H30N4O3. The highest BCUT2D eigenvalue weighted by atomic mass is 16.6. The van der Waals surface area contributed by atoms with E-state index < -0.39 is 6.04 Å². The number of carbonyl (C=O) groups excluding carboxylic acids is 1. The van der Waals surface area contributed by atoms with Crippen LogP contribution >= 0.6 is 0 Å². The number of hydrogen-bond acceptors (Lipinski definition) is 6. The Morgan fingerprint density at radius 2 is 1.87 bits per heavy atom. The second-order valence-corrected chi connectivity index (χ2v) is 7.85. The third-order valence-corrected chi connectivity index (χ3v) is 5.74. The zero-order valence-corrected chi connectivity index (χ0v) is 17.2. The summed E-state index contributed by atoms with van der Waals surface area (Å²) in [4.78, 5) is 17.1. The Kier molecular flexibility index (Phi) is 7.16. The molecule has 1 unspecified atom stereocenters. The van der Waals surface area contributed by atoms with Gasteiger partial charge in [-0.05, 0) is 80.2 Å². The van der Waals surface area contributed by atoms with Crippen molar-refractivity contribution < 1.29 is 14.3 Å². The van der Waals surface area contributed by atoms with Crippen LogP contribution in [0.4, 0.5) is 0 Å². The fraction of sp³-hybridized carbons (Fsp3) is 0.478. The Bertz CT molecular complexity index is 824. The summed E-state index contributed by atoms with van der Waals surface area (Å²) in [7, 11) is 0. The summed E-state index contributed by atoms with van der Waals surface area (Å²) in [6.07, 6.45) is 6.93. The highest BCUT2D eigenvalue weighted by molar-refractivity contribution is 5.83. The molecule has 3 N–H and O–H groups in total. The molecule has 1 fully saturated rings. The topological polar surface area (TPSA) is 84.5 Å². The molecule has 4 rings (SSSR count). The lowest BCUT2D eigenvalue weighted by Gasteiger charge is -2.25. The van der Waals surface area contributed by atoms with Gasteiger partial charge in [-0.2, -0.15) is 0 Å². The van der Waals surface area contributed by atoms with Gasteiger partial charge in [0.2, 0.25) is 5.91 Å². The molecule has 1 aromatic carbocycles. The maximum absolute atomic E-state index is 13.1. The fourth-order valence-corrected chi connectivity index (χ4v) is 4.00. The summed E-state index contributed by atoms with van der Waals surface area (Å²) in [5, 5.41) is 9.94. The number of fused-ring (bicyclic) bond motifs is 1. The van der Waals surface area contributed by atoms with E-state index in [0.29, 0.717) is 31.4 Å². The molecule has 1 saturated heterocycles. The van der Waals surface area contributed by atoms with Crippen molar-refractivity contribution in [2.45, 2.75) is 31.8 Å². The van der Waals surface area contributed by atoms with Crippen LogP contribution in [0.1, 0.15) is 36.4 Å². The van der Waals surface area contributed by atoms with Crippen molar-refractivity contribution >= 4 is 5.91 Å². The molecule has 3 heterocycles. The van der Waals surface area contributed by atoms with Crippen LogP contribution in [0.15, 0.2) is 42.7 Å². The summed E-state index contributed by atoms with van der Waals surface area (Å²) >= 11 is 0. The van der Waals surface area contributed by atoms with E-state index in [9.17, 15) is 4.79 Å². The van der Waals surface area contributed by atoms with Crippen molar-refractivity contribution in [3.05, 3.63) is 53.9 Å². The van der Waals surface area contributed by atoms with Crippen LogP contribution in [0, 0.1) is 5.92 Å². The van der Waals surface area contributed by atoms with Crippen molar-refractivity contribution in [1.82, 2.24) is 20.9 Å². The van der Waals surface area contributed by atoms with E-state index in [4.69, 9.17) is 9.47 Å². The second-order valence-electron chi connectivity index (χ2n) is 7.85. The molecule has 0 spiro atoms. The molecule has 0 radical (unpaired) electrons. The molecule has 0 saturated carbocycles. The Labute approximate surface area is 177 Å². The number of aromatic nitrogens is 1. The molecule has 160 valence electrons. The number of nitrogens with zero attached hydrogens (tertiary/aromatic N) is 1. The van der Waals surface area contributed by atoms with Gasteiger partial charge >= 0.3 is 0 Å². The van der Waals surface area contributed by atoms with Gasteiger partial charge in [0.15, 0.2) is 11.5 Å². The lowest BCUT2D eigenvalue weighted by Crippen LogP contribution is -2.38. The van der Waals surface area contributed by atoms with Crippen molar-refractivity contribution in [2.75, 3.05) is 32.8 Å². The molecular weight excluding hydrogens is 380 g/mol. The number of piperidine rings is 1. The van der Waals surface area contributed by atoms with Crippen LogP contribution in [0.25, 0.3) is 0 Å². The molecule has 1 atom stereocenters. The van der Waals surface area contributed by atoms with Gasteiger partial charge in [0.05, 0.1) is 0 Å². The molecule has 2 aliphatic heterocycles. The highest BCUT2D eigenvalue weighted by Gasteiger charge is 2.23. The maximum atomic E-state index is 13.1. The number of pyridine rings is 1. The van der Waals surface area contributed by atoms with Crippen LogP contribution in [0.2, 0.25) is 0 Å². The van der Waals surface area contributed by atoms with Crippen LogP contribution in [-0.2, 0) is 11.3 Å². The molecule has 1 aromatic heterocycles. The van der Waals surface area contributed by atoms with Crippen molar-refractivity contribution in [2.24, 2.45) is 5.92 Å². The van der Waals surface area contributed by atoms with Gasteiger partial charge in [-0.15, -0.1) is 0 Å². The van der Waals surface area contributed by atoms with Crippen molar-refractivity contribution in [1.29, 1.82) is 0 Å². The maximum Gasteiger partial charge on any atom is 0.242 e. The minimum atomic E-state index is -0.440. The van der Waals surface area contributed by atoms with Gasteiger partial charge in [-0.3, -0.25) is 9.78 Å². The summed E-state index contributed by atoms with van der Waals surface area (Å²) in [6.45, 7) is 4.52. The first-order valence-corrected chi connectivity index (χ1v) is 10.8. The van der Waals surface area contributed by atoms with Crippen molar-refractivity contribution in [3.8, 4) is 11.5 Å². The molecule has 2 aromatic rings. The van der Waals surface area contributed by atoms with Gasteiger partial charge < -0.3 is 25.4 Å². The fourth-order valence-electron chi connectivity index (χ4n) is 4.00. The van der Waals surface area contributed by atoms with Crippen LogP contribution < -0.4 is 25.4 Å². The number of ether oxygens (including phenoxy) is 2. The Morgan fingerprint density at radius 1 is 1.10 bits per heavy atom. The lowest BCUT2D eigenvalue weighted by atomic mass is 9.94. The predicted molar refractivity (Wildman–Crippen MR) is 114 cm³/mol. The Hall–Kier alpha value is -2.64. The number of nitrogens with one attached hydrogen (secondary N) is 3. The Balaban J connectivity index is 1.43. The monoisotopic (exact) mass is 410 g/mol. The lowest BCUT2D eigenvalue weighted by molar-refractivity contribution is -0.123. The molecule has 1 amide bonds. The van der Waals surface area contributed by atoms with E-state index in [-0.39, 0.29) is 5.91 Å². The molecule has 30 heavy (non-hydrogen) atoms. The molecule has 2 aliphatic rings. The van der Waals surface area contributed by atoms with E-state index in [2.05, 4.69) is 20.9 Å². The molecule has 0 bridgehead atoms. The van der Waals surface area contributed by atoms with Gasteiger partial charge in [-0.1, -0.05) is 6.07 Å². The van der Waals surface area contributed by atoms with Gasteiger partial charge in [-0.25, -0.2) is 0 Å². The van der Waals surface area contributed by atoms with Crippen LogP contribution in [0.5, 0.6) is 11.5 Å². The van der Waals surface area contributed by atoms with E-state index in [1.165, 1.54) is 12.8 Å². The highest BCUT2D eigenvalue weighted by Crippen LogP contribution is 2.32. The van der Waals surface area contributed by atoms with Gasteiger partial charge in [0, 0.05) is 18.9 Å². The predicted octanol–water partition coefficient (Wildman–Crippen LogP) is 2.19. The number of benzene rings is 1. The SMILES string of the molecule is O=C(NCc1ccncc1)C(NCCC1CCNCC1)c1ccc2c(c1)OCCO2. The van der Waals surface area contributed by atoms with Gasteiger partial charge in [0.25, 0.3) is 0 Å². The molecule has 0 aliphatic carbocycles. The molecule has 7 nitrogen and oxygen atoms in total. The van der Waals surface area contributed by atoms with E-state index in [1.54, 1.807) is 12.4 Å². The first-order chi connectivity index (χ1) is 14.8. The van der Waals surface area contributed by atoms with E-state index in [1.807, 2.05) is 30.3 Å². The van der Waals surface area contributed by atoms with Crippen molar-refractivity contribution in [3.63, 3.8) is 0 Å². The summed E-state index contributed by atoms with van der Waals surface area (Å²) < 4.78 is 11.4. The standard InChI is InChI=1S/C23H30N4O3/c28-23(27-16-18-5-10-25-11-6-18)22(26-12-7-17-3-8-24-9-4-17)19-1-2-20-21(15-19)30-14-13-29-20/h1-2,5-6,10-11,15,17,22,24,26H,3-4,7-9,12-14,16H2,(H,27,28). The molecule has 7 heteroatoms. The van der Waals surface area contributed by atoms with Gasteiger partial charge in [0.1, 0.15) is 19.3 Å². The normalized spacial score (nSPS) is 17.3. The minimum Gasteiger partial charge on any atom is -0.486 e. The zero-order chi connectivity index (χ0) is 20.6. The minimum absolute atomic E-state index is 0.0474. The third kappa shape index (κ3) is 5.49. The first-order valence-electron chi connectivity index (χ1n) is 10.8. The van der Waals surface area contributed by atoms with E-state index >= 15 is 0 Å². The zero-order valence-electron chi connectivity index (χ0n) is 17.2. The first kappa shape index (κ1) is 20.6. The third-order valence-electron chi connectivity index (χ3n) is 5.74.